The van der Waals surface area contributed by atoms with E-state index in [9.17, 15) is 9.59 Å². The van der Waals surface area contributed by atoms with E-state index < -0.39 is 0 Å². The van der Waals surface area contributed by atoms with Gasteiger partial charge in [-0.3, -0.25) is 9.59 Å². The molecule has 24 heavy (non-hydrogen) atoms. The van der Waals surface area contributed by atoms with Crippen molar-refractivity contribution in [3.8, 4) is 0 Å². The van der Waals surface area contributed by atoms with Gasteiger partial charge in [0.05, 0.1) is 11.8 Å². The maximum atomic E-state index is 12.9. The summed E-state index contributed by atoms with van der Waals surface area (Å²) >= 11 is 1.32. The van der Waals surface area contributed by atoms with E-state index in [1.54, 1.807) is 23.6 Å². The van der Waals surface area contributed by atoms with Crippen molar-refractivity contribution >= 4 is 28.2 Å². The fraction of sp³-hybridized carbons (Fsp3) is 0.412. The van der Waals surface area contributed by atoms with E-state index in [0.717, 1.165) is 6.42 Å². The first-order valence-corrected chi connectivity index (χ1v) is 8.73. The molecule has 0 saturated carbocycles. The topological polar surface area (TPSA) is 88.6 Å². The first-order valence-electron chi connectivity index (χ1n) is 7.86. The van der Waals surface area contributed by atoms with Crippen LogP contribution in [0.4, 0.5) is 5.00 Å². The van der Waals surface area contributed by atoms with Gasteiger partial charge >= 0.3 is 0 Å². The van der Waals surface area contributed by atoms with Gasteiger partial charge in [-0.05, 0) is 35.4 Å². The van der Waals surface area contributed by atoms with Crippen LogP contribution in [0.15, 0.2) is 34.3 Å². The Kier molecular flexibility index (Phi) is 4.47. The molecule has 0 aliphatic carbocycles. The van der Waals surface area contributed by atoms with E-state index in [2.05, 4.69) is 19.2 Å². The van der Waals surface area contributed by atoms with E-state index in [0.29, 0.717) is 23.7 Å². The van der Waals surface area contributed by atoms with Crippen LogP contribution in [0.25, 0.3) is 0 Å². The van der Waals surface area contributed by atoms with Crippen LogP contribution in [0.2, 0.25) is 0 Å². The first kappa shape index (κ1) is 16.7. The molecule has 2 aromatic heterocycles. The summed E-state index contributed by atoms with van der Waals surface area (Å²) < 4.78 is 5.08. The molecule has 0 bridgehead atoms. The highest BCUT2D eigenvalue weighted by Crippen LogP contribution is 2.31. The second kappa shape index (κ2) is 6.41. The highest BCUT2D eigenvalue weighted by Gasteiger charge is 2.36. The van der Waals surface area contributed by atoms with Gasteiger partial charge in [0.15, 0.2) is 5.76 Å². The molecule has 1 atom stereocenters. The largest absolute Gasteiger partial charge is 0.459 e. The Balaban J connectivity index is 1.75. The summed E-state index contributed by atoms with van der Waals surface area (Å²) in [6.45, 7) is 5.38. The molecule has 3 heterocycles. The number of hydrogen-bond acceptors (Lipinski definition) is 5. The monoisotopic (exact) mass is 347 g/mol. The van der Waals surface area contributed by atoms with Gasteiger partial charge in [0.1, 0.15) is 5.00 Å². The third kappa shape index (κ3) is 3.22. The molecule has 0 aromatic carbocycles. The summed E-state index contributed by atoms with van der Waals surface area (Å²) in [5, 5.41) is 5.09. The summed E-state index contributed by atoms with van der Waals surface area (Å²) in [6.07, 6.45) is 2.21. The Hall–Kier alpha value is -2.12. The molecule has 1 aliphatic heterocycles. The number of anilines is 1. The van der Waals surface area contributed by atoms with Crippen LogP contribution in [0.3, 0.4) is 0 Å². The maximum absolute atomic E-state index is 12.9. The zero-order valence-electron chi connectivity index (χ0n) is 13.7. The number of nitrogens with one attached hydrogen (secondary N) is 1. The SMILES string of the molecule is CC1(C)CN(C(=O)c2ccsc2NC(=O)c2ccco2)CCC1N. The van der Waals surface area contributed by atoms with Crippen molar-refractivity contribution in [1.29, 1.82) is 0 Å². The zero-order chi connectivity index (χ0) is 17.3. The summed E-state index contributed by atoms with van der Waals surface area (Å²) in [6, 6.07) is 5.06. The molecule has 6 nitrogen and oxygen atoms in total. The molecule has 1 saturated heterocycles. The quantitative estimate of drug-likeness (QED) is 0.893. The number of nitrogens with two attached hydrogens (primary N) is 1. The van der Waals surface area contributed by atoms with Crippen molar-refractivity contribution in [2.45, 2.75) is 26.3 Å². The van der Waals surface area contributed by atoms with Crippen LogP contribution >= 0.6 is 11.3 Å². The minimum atomic E-state index is -0.363. The van der Waals surface area contributed by atoms with Crippen LogP contribution < -0.4 is 11.1 Å². The van der Waals surface area contributed by atoms with Gasteiger partial charge in [-0.2, -0.15) is 0 Å². The van der Waals surface area contributed by atoms with E-state index >= 15 is 0 Å². The van der Waals surface area contributed by atoms with Gasteiger partial charge in [-0.15, -0.1) is 11.3 Å². The molecule has 0 radical (unpaired) electrons. The number of likely N-dealkylation sites (tertiary alicyclic amines) is 1. The lowest BCUT2D eigenvalue weighted by molar-refractivity contribution is 0.0534. The zero-order valence-corrected chi connectivity index (χ0v) is 14.6. The molecule has 128 valence electrons. The highest BCUT2D eigenvalue weighted by atomic mass is 32.1. The van der Waals surface area contributed by atoms with Crippen molar-refractivity contribution in [1.82, 2.24) is 4.90 Å². The molecule has 0 spiro atoms. The summed E-state index contributed by atoms with van der Waals surface area (Å²) in [7, 11) is 0. The summed E-state index contributed by atoms with van der Waals surface area (Å²) in [4.78, 5) is 26.8. The molecular formula is C17H21N3O3S. The Labute approximate surface area is 144 Å². The minimum Gasteiger partial charge on any atom is -0.459 e. The lowest BCUT2D eigenvalue weighted by Gasteiger charge is -2.42. The van der Waals surface area contributed by atoms with Crippen molar-refractivity contribution < 1.29 is 14.0 Å². The third-order valence-corrected chi connectivity index (χ3v) is 5.30. The number of thiophene rings is 1. The average molecular weight is 347 g/mol. The number of hydrogen-bond donors (Lipinski definition) is 2. The molecule has 2 amide bonds. The number of piperidine rings is 1. The average Bonchev–Trinajstić information content (AvgIpc) is 3.20. The number of amides is 2. The first-order chi connectivity index (χ1) is 11.4. The summed E-state index contributed by atoms with van der Waals surface area (Å²) in [5.41, 5.74) is 6.52. The van der Waals surface area contributed by atoms with Gasteiger partial charge in [0.2, 0.25) is 0 Å². The minimum absolute atomic E-state index is 0.0778. The van der Waals surface area contributed by atoms with Crippen molar-refractivity contribution in [3.05, 3.63) is 41.2 Å². The Morgan fingerprint density at radius 2 is 2.21 bits per heavy atom. The molecule has 1 fully saturated rings. The number of nitrogens with zero attached hydrogens (tertiary/aromatic N) is 1. The maximum Gasteiger partial charge on any atom is 0.291 e. The van der Waals surface area contributed by atoms with E-state index in [4.69, 9.17) is 10.2 Å². The Morgan fingerprint density at radius 3 is 2.88 bits per heavy atom. The normalized spacial score (nSPS) is 20.0. The van der Waals surface area contributed by atoms with Gasteiger partial charge < -0.3 is 20.4 Å². The van der Waals surface area contributed by atoms with Gasteiger partial charge in [0.25, 0.3) is 11.8 Å². The second-order valence-corrected chi connectivity index (χ2v) is 7.62. The molecule has 3 rings (SSSR count). The molecule has 7 heteroatoms. The second-order valence-electron chi connectivity index (χ2n) is 6.71. The van der Waals surface area contributed by atoms with Crippen LogP contribution in [0, 0.1) is 5.41 Å². The Morgan fingerprint density at radius 1 is 1.42 bits per heavy atom. The van der Waals surface area contributed by atoms with Crippen LogP contribution in [-0.2, 0) is 0 Å². The number of carbonyl (C=O) groups excluding carboxylic acids is 2. The van der Waals surface area contributed by atoms with Crippen LogP contribution in [0.5, 0.6) is 0 Å². The summed E-state index contributed by atoms with van der Waals surface area (Å²) in [5.74, 6) is -0.227. The number of carbonyl (C=O) groups is 2. The van der Waals surface area contributed by atoms with Crippen LogP contribution in [0.1, 0.15) is 41.2 Å². The molecule has 1 aliphatic rings. The molecule has 3 N–H and O–H groups in total. The van der Waals surface area contributed by atoms with E-state index in [-0.39, 0.29) is 29.0 Å². The Bertz CT molecular complexity index is 736. The standard InChI is InChI=1S/C17H21N3O3S/c1-17(2)10-20(7-5-13(17)18)16(22)11-6-9-24-15(11)19-14(21)12-4-3-8-23-12/h3-4,6,8-9,13H,5,7,10,18H2,1-2H3,(H,19,21). The third-order valence-electron chi connectivity index (χ3n) is 4.47. The smallest absolute Gasteiger partial charge is 0.291 e. The van der Waals surface area contributed by atoms with Crippen molar-refractivity contribution in [2.75, 3.05) is 18.4 Å². The predicted octanol–water partition coefficient (Wildman–Crippen LogP) is 2.79. The van der Waals surface area contributed by atoms with Crippen molar-refractivity contribution in [2.24, 2.45) is 11.1 Å². The van der Waals surface area contributed by atoms with Crippen molar-refractivity contribution in [3.63, 3.8) is 0 Å². The molecule has 2 aromatic rings. The van der Waals surface area contributed by atoms with Gasteiger partial charge in [0, 0.05) is 19.1 Å². The van der Waals surface area contributed by atoms with E-state index in [1.165, 1.54) is 17.6 Å². The van der Waals surface area contributed by atoms with E-state index in [1.807, 2.05) is 4.90 Å². The van der Waals surface area contributed by atoms with Gasteiger partial charge in [-0.25, -0.2) is 0 Å². The van der Waals surface area contributed by atoms with Crippen LogP contribution in [-0.4, -0.2) is 35.8 Å². The number of furan rings is 1. The lowest BCUT2D eigenvalue weighted by Crippen LogP contribution is -2.54. The van der Waals surface area contributed by atoms with Gasteiger partial charge in [-0.1, -0.05) is 13.8 Å². The molecular weight excluding hydrogens is 326 g/mol. The molecule has 1 unspecified atom stereocenters. The fourth-order valence-corrected chi connectivity index (χ4v) is 3.64. The highest BCUT2D eigenvalue weighted by molar-refractivity contribution is 7.14. The predicted molar refractivity (Wildman–Crippen MR) is 93.3 cm³/mol. The fourth-order valence-electron chi connectivity index (χ4n) is 2.86. The lowest BCUT2D eigenvalue weighted by atomic mass is 9.79. The number of rotatable bonds is 3.